The van der Waals surface area contributed by atoms with Gasteiger partial charge in [0.1, 0.15) is 5.82 Å². The lowest BCUT2D eigenvalue weighted by Gasteiger charge is -2.14. The highest BCUT2D eigenvalue weighted by Gasteiger charge is 2.30. The molecule has 1 atom stereocenters. The average molecular weight is 223 g/mol. The van der Waals surface area contributed by atoms with Crippen LogP contribution < -0.4 is 5.73 Å². The van der Waals surface area contributed by atoms with Crippen LogP contribution >= 0.6 is 0 Å². The summed E-state index contributed by atoms with van der Waals surface area (Å²) in [6.45, 7) is -0.801. The van der Waals surface area contributed by atoms with Crippen LogP contribution in [0.25, 0.3) is 0 Å². The standard InChI is InChI=1S/C9H9F4NO/c10-7-4-2-1-3-6(7)8(14)5-15-9(11,12)13/h1-4,8H,5,14H2/t8-/m1/s1. The van der Waals surface area contributed by atoms with E-state index < -0.39 is 24.8 Å². The third-order valence-corrected chi connectivity index (χ3v) is 1.73. The van der Waals surface area contributed by atoms with Crippen molar-refractivity contribution in [1.29, 1.82) is 0 Å². The van der Waals surface area contributed by atoms with Gasteiger partial charge in [-0.05, 0) is 6.07 Å². The summed E-state index contributed by atoms with van der Waals surface area (Å²) in [4.78, 5) is 0. The van der Waals surface area contributed by atoms with Gasteiger partial charge in [-0.1, -0.05) is 18.2 Å². The Bertz CT molecular complexity index is 326. The Morgan fingerprint density at radius 1 is 1.27 bits per heavy atom. The Morgan fingerprint density at radius 3 is 2.40 bits per heavy atom. The number of alkyl halides is 3. The molecular weight excluding hydrogens is 214 g/mol. The monoisotopic (exact) mass is 223 g/mol. The summed E-state index contributed by atoms with van der Waals surface area (Å²) in [5, 5.41) is 0. The third kappa shape index (κ3) is 3.85. The van der Waals surface area contributed by atoms with Gasteiger partial charge in [-0.2, -0.15) is 0 Å². The molecule has 0 aliphatic heterocycles. The maximum Gasteiger partial charge on any atom is 0.522 e. The molecule has 0 fully saturated rings. The topological polar surface area (TPSA) is 35.2 Å². The molecule has 0 unspecified atom stereocenters. The molecule has 6 heteroatoms. The molecule has 84 valence electrons. The van der Waals surface area contributed by atoms with Gasteiger partial charge in [0.25, 0.3) is 0 Å². The van der Waals surface area contributed by atoms with Crippen LogP contribution in [0.5, 0.6) is 0 Å². The number of benzene rings is 1. The fraction of sp³-hybridized carbons (Fsp3) is 0.333. The summed E-state index contributed by atoms with van der Waals surface area (Å²) in [5.74, 6) is -0.643. The van der Waals surface area contributed by atoms with Crippen LogP contribution in [0.2, 0.25) is 0 Å². The number of halogens is 4. The number of ether oxygens (including phenoxy) is 1. The van der Waals surface area contributed by atoms with Crippen molar-refractivity contribution in [3.8, 4) is 0 Å². The van der Waals surface area contributed by atoms with Gasteiger partial charge in [0, 0.05) is 5.56 Å². The van der Waals surface area contributed by atoms with Crippen molar-refractivity contribution >= 4 is 0 Å². The molecule has 1 aromatic carbocycles. The Morgan fingerprint density at radius 2 is 1.87 bits per heavy atom. The Balaban J connectivity index is 2.62. The Labute approximate surface area is 83.6 Å². The molecular formula is C9H9F4NO. The van der Waals surface area contributed by atoms with Crippen molar-refractivity contribution in [2.45, 2.75) is 12.4 Å². The minimum Gasteiger partial charge on any atom is -0.322 e. The molecule has 0 aliphatic carbocycles. The minimum atomic E-state index is -4.75. The molecule has 1 aromatic rings. The second-order valence-electron chi connectivity index (χ2n) is 2.88. The second kappa shape index (κ2) is 4.59. The zero-order chi connectivity index (χ0) is 11.5. The van der Waals surface area contributed by atoms with Crippen LogP contribution in [0.15, 0.2) is 24.3 Å². The van der Waals surface area contributed by atoms with Crippen LogP contribution in [-0.2, 0) is 4.74 Å². The van der Waals surface area contributed by atoms with E-state index in [0.29, 0.717) is 0 Å². The average Bonchev–Trinajstić information content (AvgIpc) is 2.14. The maximum atomic E-state index is 13.0. The van der Waals surface area contributed by atoms with E-state index >= 15 is 0 Å². The van der Waals surface area contributed by atoms with E-state index in [9.17, 15) is 17.6 Å². The lowest BCUT2D eigenvalue weighted by molar-refractivity contribution is -0.326. The van der Waals surface area contributed by atoms with Crippen LogP contribution in [0.1, 0.15) is 11.6 Å². The number of hydrogen-bond donors (Lipinski definition) is 1. The lowest BCUT2D eigenvalue weighted by atomic mass is 10.1. The molecule has 2 N–H and O–H groups in total. The van der Waals surface area contributed by atoms with Gasteiger partial charge in [0.2, 0.25) is 0 Å². The molecule has 1 rings (SSSR count). The zero-order valence-electron chi connectivity index (χ0n) is 7.59. The summed E-state index contributed by atoms with van der Waals surface area (Å²) in [5.41, 5.74) is 5.34. The predicted octanol–water partition coefficient (Wildman–Crippen LogP) is 2.36. The molecule has 0 saturated carbocycles. The highest BCUT2D eigenvalue weighted by molar-refractivity contribution is 5.20. The third-order valence-electron chi connectivity index (χ3n) is 1.73. The largest absolute Gasteiger partial charge is 0.522 e. The van der Waals surface area contributed by atoms with E-state index in [1.165, 1.54) is 18.2 Å². The molecule has 0 saturated heterocycles. The van der Waals surface area contributed by atoms with Crippen LogP contribution in [0.4, 0.5) is 17.6 Å². The van der Waals surface area contributed by atoms with E-state index in [0.717, 1.165) is 6.07 Å². The normalized spacial score (nSPS) is 13.9. The molecule has 0 heterocycles. The number of nitrogens with two attached hydrogens (primary N) is 1. The van der Waals surface area contributed by atoms with E-state index in [1.54, 1.807) is 0 Å². The van der Waals surface area contributed by atoms with E-state index in [1.807, 2.05) is 0 Å². The zero-order valence-corrected chi connectivity index (χ0v) is 7.59. The fourth-order valence-corrected chi connectivity index (χ4v) is 1.05. The quantitative estimate of drug-likeness (QED) is 0.798. The van der Waals surface area contributed by atoms with Gasteiger partial charge in [0.15, 0.2) is 0 Å². The van der Waals surface area contributed by atoms with E-state index in [-0.39, 0.29) is 5.56 Å². The molecule has 0 aliphatic rings. The summed E-state index contributed by atoms with van der Waals surface area (Å²) >= 11 is 0. The molecule has 0 spiro atoms. The van der Waals surface area contributed by atoms with Gasteiger partial charge in [-0.15, -0.1) is 13.2 Å². The smallest absolute Gasteiger partial charge is 0.322 e. The maximum absolute atomic E-state index is 13.0. The lowest BCUT2D eigenvalue weighted by Crippen LogP contribution is -2.24. The number of hydrogen-bond acceptors (Lipinski definition) is 2. The minimum absolute atomic E-state index is 0.00162. The van der Waals surface area contributed by atoms with Crippen molar-refractivity contribution in [2.24, 2.45) is 5.73 Å². The Hall–Kier alpha value is -1.14. The summed E-state index contributed by atoms with van der Waals surface area (Å²) in [7, 11) is 0. The van der Waals surface area contributed by atoms with Gasteiger partial charge in [-0.3, -0.25) is 4.74 Å². The molecule has 0 amide bonds. The van der Waals surface area contributed by atoms with Crippen molar-refractivity contribution in [1.82, 2.24) is 0 Å². The second-order valence-corrected chi connectivity index (χ2v) is 2.88. The number of rotatable bonds is 3. The van der Waals surface area contributed by atoms with Crippen LogP contribution in [-0.4, -0.2) is 13.0 Å². The van der Waals surface area contributed by atoms with Crippen molar-refractivity contribution in [2.75, 3.05) is 6.61 Å². The summed E-state index contributed by atoms with van der Waals surface area (Å²) in [6.07, 6.45) is -4.75. The van der Waals surface area contributed by atoms with Crippen LogP contribution in [0, 0.1) is 5.82 Å². The molecule has 15 heavy (non-hydrogen) atoms. The molecule has 0 aromatic heterocycles. The fourth-order valence-electron chi connectivity index (χ4n) is 1.05. The van der Waals surface area contributed by atoms with Crippen molar-refractivity contribution < 1.29 is 22.3 Å². The van der Waals surface area contributed by atoms with Gasteiger partial charge >= 0.3 is 6.36 Å². The van der Waals surface area contributed by atoms with Crippen LogP contribution in [0.3, 0.4) is 0 Å². The summed E-state index contributed by atoms with van der Waals surface area (Å²) in [6, 6.07) is 4.23. The van der Waals surface area contributed by atoms with Gasteiger partial charge in [-0.25, -0.2) is 4.39 Å². The highest BCUT2D eigenvalue weighted by atomic mass is 19.4. The first kappa shape index (κ1) is 11.9. The van der Waals surface area contributed by atoms with Crippen molar-refractivity contribution in [3.05, 3.63) is 35.6 Å². The first-order valence-electron chi connectivity index (χ1n) is 4.11. The van der Waals surface area contributed by atoms with E-state index in [2.05, 4.69) is 4.74 Å². The molecule has 2 nitrogen and oxygen atoms in total. The van der Waals surface area contributed by atoms with Gasteiger partial charge in [0.05, 0.1) is 12.6 Å². The van der Waals surface area contributed by atoms with Crippen molar-refractivity contribution in [3.63, 3.8) is 0 Å². The molecule has 0 radical (unpaired) electrons. The first-order valence-corrected chi connectivity index (χ1v) is 4.11. The highest BCUT2D eigenvalue weighted by Crippen LogP contribution is 2.20. The first-order chi connectivity index (χ1) is 6.90. The molecule has 0 bridgehead atoms. The SMILES string of the molecule is N[C@H](COC(F)(F)F)c1ccccc1F. The Kier molecular flexibility index (Phi) is 3.65. The van der Waals surface area contributed by atoms with Gasteiger partial charge < -0.3 is 5.73 Å². The van der Waals surface area contributed by atoms with E-state index in [4.69, 9.17) is 5.73 Å². The summed E-state index contributed by atoms with van der Waals surface area (Å²) < 4.78 is 51.5. The predicted molar refractivity (Wildman–Crippen MR) is 45.3 cm³/mol.